The van der Waals surface area contributed by atoms with Crippen molar-refractivity contribution in [1.29, 1.82) is 0 Å². The van der Waals surface area contributed by atoms with Gasteiger partial charge in [-0.15, -0.1) is 0 Å². The zero-order chi connectivity index (χ0) is 19.7. The summed E-state index contributed by atoms with van der Waals surface area (Å²) in [5.74, 6) is -2.22. The van der Waals surface area contributed by atoms with Gasteiger partial charge in [0.1, 0.15) is 6.04 Å². The highest BCUT2D eigenvalue weighted by atomic mass is 16.4. The summed E-state index contributed by atoms with van der Waals surface area (Å²) in [7, 11) is 0. The van der Waals surface area contributed by atoms with Crippen LogP contribution in [0.1, 0.15) is 51.6 Å². The summed E-state index contributed by atoms with van der Waals surface area (Å²) >= 11 is 0. The quantitative estimate of drug-likeness (QED) is 0.503. The topological polar surface area (TPSA) is 122 Å². The summed E-state index contributed by atoms with van der Waals surface area (Å²) in [6.07, 6.45) is 0.895. The first-order valence-corrected chi connectivity index (χ1v) is 8.93. The third-order valence-electron chi connectivity index (χ3n) is 4.45. The number of carboxylic acids is 1. The first-order chi connectivity index (χ1) is 12.3. The molecule has 0 bridgehead atoms. The van der Waals surface area contributed by atoms with E-state index in [1.54, 1.807) is 0 Å². The van der Waals surface area contributed by atoms with E-state index in [0.29, 0.717) is 12.8 Å². The molecule has 0 fully saturated rings. The van der Waals surface area contributed by atoms with E-state index in [9.17, 15) is 14.4 Å². The van der Waals surface area contributed by atoms with Gasteiger partial charge in [-0.1, -0.05) is 57.5 Å². The van der Waals surface area contributed by atoms with E-state index in [1.165, 1.54) is 0 Å². The van der Waals surface area contributed by atoms with Crippen molar-refractivity contribution in [1.82, 2.24) is 10.6 Å². The van der Waals surface area contributed by atoms with Gasteiger partial charge in [0.25, 0.3) is 0 Å². The smallest absolute Gasteiger partial charge is 0.305 e. The normalized spacial score (nSPS) is 15.4. The van der Waals surface area contributed by atoms with Gasteiger partial charge in [0.15, 0.2) is 0 Å². The first kappa shape index (κ1) is 21.6. The minimum absolute atomic E-state index is 0.121. The number of hydrogen-bond acceptors (Lipinski definition) is 4. The van der Waals surface area contributed by atoms with Gasteiger partial charge in [-0.25, -0.2) is 0 Å². The predicted molar refractivity (Wildman–Crippen MR) is 99.2 cm³/mol. The Hall–Kier alpha value is -2.41. The van der Waals surface area contributed by atoms with Crippen LogP contribution >= 0.6 is 0 Å². The number of aliphatic carboxylic acids is 1. The number of carbonyl (C=O) groups is 3. The number of amides is 2. The standard InChI is InChI=1S/C19H29N3O4/c1-4-12(3)17(22-18(25)14(20)11-16(23)24)19(26)21-15(5-2)13-9-7-6-8-10-13/h6-10,12,14-15,17H,4-5,11,20H2,1-3H3,(H,21,26)(H,22,25)(H,23,24)/t12-,14+,15+,17-/m1/s1. The van der Waals surface area contributed by atoms with Gasteiger partial charge < -0.3 is 21.5 Å². The molecule has 0 radical (unpaired) electrons. The molecule has 1 rings (SSSR count). The largest absolute Gasteiger partial charge is 0.481 e. The molecule has 0 aromatic heterocycles. The average molecular weight is 363 g/mol. The molecular formula is C19H29N3O4. The van der Waals surface area contributed by atoms with Crippen molar-refractivity contribution < 1.29 is 19.5 Å². The summed E-state index contributed by atoms with van der Waals surface area (Å²) in [6.45, 7) is 5.75. The molecule has 0 unspecified atom stereocenters. The Bertz CT molecular complexity index is 606. The molecule has 4 atom stereocenters. The molecule has 0 spiro atoms. The lowest BCUT2D eigenvalue weighted by molar-refractivity contribution is -0.139. The second-order valence-corrected chi connectivity index (χ2v) is 6.46. The van der Waals surface area contributed by atoms with Crippen LogP contribution in [0.5, 0.6) is 0 Å². The van der Waals surface area contributed by atoms with Gasteiger partial charge in [0.2, 0.25) is 11.8 Å². The average Bonchev–Trinajstić information content (AvgIpc) is 2.63. The van der Waals surface area contributed by atoms with Gasteiger partial charge in [-0.3, -0.25) is 14.4 Å². The fourth-order valence-corrected chi connectivity index (χ4v) is 2.61. The van der Waals surface area contributed by atoms with Crippen molar-refractivity contribution in [2.45, 2.75) is 58.2 Å². The van der Waals surface area contributed by atoms with Crippen molar-refractivity contribution in [3.05, 3.63) is 35.9 Å². The third kappa shape index (κ3) is 6.48. The number of rotatable bonds is 10. The molecule has 1 aromatic carbocycles. The lowest BCUT2D eigenvalue weighted by Crippen LogP contribution is -2.54. The minimum Gasteiger partial charge on any atom is -0.481 e. The van der Waals surface area contributed by atoms with E-state index in [2.05, 4.69) is 10.6 Å². The Kier molecular flexibility index (Phi) is 8.78. The first-order valence-electron chi connectivity index (χ1n) is 8.93. The summed E-state index contributed by atoms with van der Waals surface area (Å²) < 4.78 is 0. The number of nitrogens with two attached hydrogens (primary N) is 1. The molecule has 26 heavy (non-hydrogen) atoms. The van der Waals surface area contributed by atoms with E-state index in [0.717, 1.165) is 5.56 Å². The Morgan fingerprint density at radius 2 is 1.65 bits per heavy atom. The van der Waals surface area contributed by atoms with Crippen LogP contribution in [0.15, 0.2) is 30.3 Å². The number of carboxylic acid groups (broad SMARTS) is 1. The van der Waals surface area contributed by atoms with Crippen LogP contribution < -0.4 is 16.4 Å². The highest BCUT2D eigenvalue weighted by molar-refractivity contribution is 5.91. The lowest BCUT2D eigenvalue weighted by Gasteiger charge is -2.27. The van der Waals surface area contributed by atoms with Crippen LogP contribution in [0.4, 0.5) is 0 Å². The summed E-state index contributed by atoms with van der Waals surface area (Å²) in [5.41, 5.74) is 6.59. The van der Waals surface area contributed by atoms with Crippen molar-refractivity contribution in [2.75, 3.05) is 0 Å². The molecule has 0 saturated heterocycles. The van der Waals surface area contributed by atoms with Crippen LogP contribution in [0.2, 0.25) is 0 Å². The SMILES string of the molecule is CC[C@H](NC(=O)[C@H](NC(=O)[C@@H](N)CC(=O)O)[C@H](C)CC)c1ccccc1. The highest BCUT2D eigenvalue weighted by Gasteiger charge is 2.29. The Balaban J connectivity index is 2.85. The van der Waals surface area contributed by atoms with E-state index < -0.39 is 30.4 Å². The fraction of sp³-hybridized carbons (Fsp3) is 0.526. The molecule has 0 saturated carbocycles. The third-order valence-corrected chi connectivity index (χ3v) is 4.45. The van der Waals surface area contributed by atoms with Crippen LogP contribution in [0, 0.1) is 5.92 Å². The minimum atomic E-state index is -1.19. The Morgan fingerprint density at radius 1 is 1.04 bits per heavy atom. The predicted octanol–water partition coefficient (Wildman–Crippen LogP) is 1.59. The van der Waals surface area contributed by atoms with Gasteiger partial charge in [0, 0.05) is 0 Å². The highest BCUT2D eigenvalue weighted by Crippen LogP contribution is 2.17. The van der Waals surface area contributed by atoms with Crippen molar-refractivity contribution in [2.24, 2.45) is 11.7 Å². The second-order valence-electron chi connectivity index (χ2n) is 6.46. The molecule has 5 N–H and O–H groups in total. The number of benzene rings is 1. The molecule has 1 aromatic rings. The maximum Gasteiger partial charge on any atom is 0.305 e. The van der Waals surface area contributed by atoms with Crippen molar-refractivity contribution >= 4 is 17.8 Å². The van der Waals surface area contributed by atoms with E-state index >= 15 is 0 Å². The van der Waals surface area contributed by atoms with Crippen LogP contribution in [-0.2, 0) is 14.4 Å². The van der Waals surface area contributed by atoms with Crippen LogP contribution in [-0.4, -0.2) is 35.0 Å². The molecule has 0 heterocycles. The van der Waals surface area contributed by atoms with Crippen molar-refractivity contribution in [3.8, 4) is 0 Å². The zero-order valence-electron chi connectivity index (χ0n) is 15.6. The molecule has 2 amide bonds. The maximum absolute atomic E-state index is 12.8. The molecule has 0 aliphatic rings. The number of nitrogens with one attached hydrogen (secondary N) is 2. The molecule has 0 aliphatic heterocycles. The molecule has 7 heteroatoms. The Labute approximate surface area is 154 Å². The molecule has 7 nitrogen and oxygen atoms in total. The molecule has 144 valence electrons. The van der Waals surface area contributed by atoms with E-state index in [4.69, 9.17) is 10.8 Å². The zero-order valence-corrected chi connectivity index (χ0v) is 15.6. The molecule has 0 aliphatic carbocycles. The van der Waals surface area contributed by atoms with Gasteiger partial charge in [0.05, 0.1) is 18.5 Å². The van der Waals surface area contributed by atoms with E-state index in [1.807, 2.05) is 51.1 Å². The summed E-state index contributed by atoms with van der Waals surface area (Å²) in [4.78, 5) is 35.7. The van der Waals surface area contributed by atoms with E-state index in [-0.39, 0.29) is 17.9 Å². The number of carbonyl (C=O) groups excluding carboxylic acids is 2. The fourth-order valence-electron chi connectivity index (χ4n) is 2.61. The lowest BCUT2D eigenvalue weighted by atomic mass is 9.96. The molecular weight excluding hydrogens is 334 g/mol. The van der Waals surface area contributed by atoms with Crippen molar-refractivity contribution in [3.63, 3.8) is 0 Å². The van der Waals surface area contributed by atoms with Crippen LogP contribution in [0.3, 0.4) is 0 Å². The van der Waals surface area contributed by atoms with Crippen LogP contribution in [0.25, 0.3) is 0 Å². The monoisotopic (exact) mass is 363 g/mol. The van der Waals surface area contributed by atoms with Gasteiger partial charge >= 0.3 is 5.97 Å². The number of hydrogen-bond donors (Lipinski definition) is 4. The summed E-state index contributed by atoms with van der Waals surface area (Å²) in [5, 5.41) is 14.4. The summed E-state index contributed by atoms with van der Waals surface area (Å²) in [6, 6.07) is 7.46. The maximum atomic E-state index is 12.8. The second kappa shape index (κ2) is 10.6. The van der Waals surface area contributed by atoms with Gasteiger partial charge in [-0.2, -0.15) is 0 Å². The Morgan fingerprint density at radius 3 is 2.15 bits per heavy atom. The van der Waals surface area contributed by atoms with Gasteiger partial charge in [-0.05, 0) is 17.9 Å².